The van der Waals surface area contributed by atoms with Crippen LogP contribution in [0.25, 0.3) is 0 Å². The lowest BCUT2D eigenvalue weighted by atomic mass is 10.0. The Morgan fingerprint density at radius 1 is 1.19 bits per heavy atom. The Hall–Kier alpha value is -1.68. The van der Waals surface area contributed by atoms with Crippen molar-refractivity contribution in [3.8, 4) is 0 Å². The van der Waals surface area contributed by atoms with Crippen molar-refractivity contribution in [1.82, 2.24) is 0 Å². The fourth-order valence-electron chi connectivity index (χ4n) is 1.58. The van der Waals surface area contributed by atoms with Gasteiger partial charge >= 0.3 is 0 Å². The number of rotatable bonds is 2. The minimum absolute atomic E-state index is 0.0931. The summed E-state index contributed by atoms with van der Waals surface area (Å²) in [6.07, 6.45) is 0.180. The summed E-state index contributed by atoms with van der Waals surface area (Å²) in [7, 11) is 0. The van der Waals surface area contributed by atoms with Crippen LogP contribution in [0.1, 0.15) is 23.0 Å². The molecule has 2 nitrogen and oxygen atoms in total. The van der Waals surface area contributed by atoms with Crippen LogP contribution in [0, 0.1) is 18.6 Å². The highest BCUT2D eigenvalue weighted by molar-refractivity contribution is 5.32. The highest BCUT2D eigenvalue weighted by Crippen LogP contribution is 2.28. The van der Waals surface area contributed by atoms with E-state index in [1.54, 1.807) is 6.92 Å². The average molecular weight is 224 g/mol. The predicted octanol–water partition coefficient (Wildman–Crippen LogP) is 2.95. The Bertz CT molecular complexity index is 505. The molecule has 1 N–H and O–H groups in total. The van der Waals surface area contributed by atoms with Gasteiger partial charge in [-0.25, -0.2) is 8.78 Å². The third-order valence-corrected chi connectivity index (χ3v) is 2.47. The molecule has 0 bridgehead atoms. The second kappa shape index (κ2) is 4.06. The van der Waals surface area contributed by atoms with Gasteiger partial charge in [-0.3, -0.25) is 0 Å². The molecule has 1 unspecified atom stereocenters. The standard InChI is InChI=1S/C12H10F2O2/c1-7-8(5-6-16-7)12(15)9-3-2-4-10(13)11(9)14/h2-6,12,15H,1H3. The minimum Gasteiger partial charge on any atom is -0.469 e. The van der Waals surface area contributed by atoms with Gasteiger partial charge in [0.05, 0.1) is 6.26 Å². The van der Waals surface area contributed by atoms with Gasteiger partial charge in [0.1, 0.15) is 11.9 Å². The molecule has 1 aromatic heterocycles. The van der Waals surface area contributed by atoms with E-state index < -0.39 is 17.7 Å². The average Bonchev–Trinajstić information content (AvgIpc) is 2.68. The normalized spacial score (nSPS) is 12.8. The van der Waals surface area contributed by atoms with Gasteiger partial charge in [-0.05, 0) is 19.1 Å². The van der Waals surface area contributed by atoms with Gasteiger partial charge in [-0.15, -0.1) is 0 Å². The molecule has 0 saturated heterocycles. The van der Waals surface area contributed by atoms with Crippen molar-refractivity contribution in [3.63, 3.8) is 0 Å². The van der Waals surface area contributed by atoms with E-state index >= 15 is 0 Å². The Morgan fingerprint density at radius 2 is 1.94 bits per heavy atom. The molecule has 84 valence electrons. The fraction of sp³-hybridized carbons (Fsp3) is 0.167. The second-order valence-electron chi connectivity index (χ2n) is 3.48. The number of hydrogen-bond acceptors (Lipinski definition) is 2. The maximum absolute atomic E-state index is 13.4. The molecule has 0 radical (unpaired) electrons. The SMILES string of the molecule is Cc1occc1C(O)c1cccc(F)c1F. The van der Waals surface area contributed by atoms with Crippen LogP contribution in [0.4, 0.5) is 8.78 Å². The maximum Gasteiger partial charge on any atom is 0.164 e. The van der Waals surface area contributed by atoms with E-state index in [1.807, 2.05) is 0 Å². The zero-order valence-electron chi connectivity index (χ0n) is 8.58. The molecule has 1 aromatic carbocycles. The molecule has 0 aliphatic heterocycles. The molecule has 2 rings (SSSR count). The largest absolute Gasteiger partial charge is 0.469 e. The van der Waals surface area contributed by atoms with Gasteiger partial charge in [0.25, 0.3) is 0 Å². The van der Waals surface area contributed by atoms with Gasteiger partial charge in [0.2, 0.25) is 0 Å². The van der Waals surface area contributed by atoms with Gasteiger partial charge in [0.15, 0.2) is 11.6 Å². The highest BCUT2D eigenvalue weighted by Gasteiger charge is 2.20. The number of aliphatic hydroxyl groups is 1. The van der Waals surface area contributed by atoms with Crippen LogP contribution in [-0.4, -0.2) is 5.11 Å². The summed E-state index contributed by atoms with van der Waals surface area (Å²) >= 11 is 0. The summed E-state index contributed by atoms with van der Waals surface area (Å²) in [5.74, 6) is -1.52. The van der Waals surface area contributed by atoms with Crippen LogP contribution in [0.2, 0.25) is 0 Å². The zero-order chi connectivity index (χ0) is 11.7. The lowest BCUT2D eigenvalue weighted by Gasteiger charge is -2.11. The van der Waals surface area contributed by atoms with Gasteiger partial charge in [0, 0.05) is 11.1 Å². The van der Waals surface area contributed by atoms with Crippen molar-refractivity contribution in [2.24, 2.45) is 0 Å². The Labute approximate surface area is 91.1 Å². The van der Waals surface area contributed by atoms with E-state index in [2.05, 4.69) is 0 Å². The fourth-order valence-corrected chi connectivity index (χ4v) is 1.58. The molecule has 0 fully saturated rings. The first-order valence-corrected chi connectivity index (χ1v) is 4.77. The first-order valence-electron chi connectivity index (χ1n) is 4.77. The van der Waals surface area contributed by atoms with Gasteiger partial charge < -0.3 is 9.52 Å². The van der Waals surface area contributed by atoms with E-state index in [0.717, 1.165) is 6.07 Å². The topological polar surface area (TPSA) is 33.4 Å². The third-order valence-electron chi connectivity index (χ3n) is 2.47. The van der Waals surface area contributed by atoms with Crippen LogP contribution in [0.15, 0.2) is 34.9 Å². The van der Waals surface area contributed by atoms with Crippen LogP contribution in [-0.2, 0) is 0 Å². The molecule has 4 heteroatoms. The third kappa shape index (κ3) is 1.72. The molecule has 1 heterocycles. The predicted molar refractivity (Wildman–Crippen MR) is 53.9 cm³/mol. The molecule has 0 aliphatic rings. The zero-order valence-corrected chi connectivity index (χ0v) is 8.58. The van der Waals surface area contributed by atoms with Crippen molar-refractivity contribution in [1.29, 1.82) is 0 Å². The van der Waals surface area contributed by atoms with Crippen molar-refractivity contribution >= 4 is 0 Å². The van der Waals surface area contributed by atoms with Crippen molar-refractivity contribution in [2.75, 3.05) is 0 Å². The van der Waals surface area contributed by atoms with Crippen LogP contribution >= 0.6 is 0 Å². The number of benzene rings is 1. The molecule has 0 spiro atoms. The molecule has 0 amide bonds. The molecular weight excluding hydrogens is 214 g/mol. The monoisotopic (exact) mass is 224 g/mol. The Balaban J connectivity index is 2.46. The van der Waals surface area contributed by atoms with E-state index in [9.17, 15) is 13.9 Å². The number of aliphatic hydroxyl groups excluding tert-OH is 1. The smallest absolute Gasteiger partial charge is 0.164 e. The quantitative estimate of drug-likeness (QED) is 0.850. The summed E-state index contributed by atoms with van der Waals surface area (Å²) < 4.78 is 31.4. The minimum atomic E-state index is -1.21. The van der Waals surface area contributed by atoms with Crippen LogP contribution in [0.3, 0.4) is 0 Å². The van der Waals surface area contributed by atoms with Crippen LogP contribution < -0.4 is 0 Å². The molecule has 1 atom stereocenters. The van der Waals surface area contributed by atoms with Crippen molar-refractivity contribution in [2.45, 2.75) is 13.0 Å². The van der Waals surface area contributed by atoms with E-state index in [1.165, 1.54) is 24.5 Å². The number of furan rings is 1. The molecule has 2 aromatic rings. The highest BCUT2D eigenvalue weighted by atomic mass is 19.2. The van der Waals surface area contributed by atoms with E-state index in [-0.39, 0.29) is 5.56 Å². The summed E-state index contributed by atoms with van der Waals surface area (Å²) in [5, 5.41) is 9.90. The molecule has 16 heavy (non-hydrogen) atoms. The number of halogens is 2. The maximum atomic E-state index is 13.4. The Morgan fingerprint density at radius 3 is 2.56 bits per heavy atom. The molecular formula is C12H10F2O2. The molecule has 0 aliphatic carbocycles. The van der Waals surface area contributed by atoms with Gasteiger partial charge in [-0.1, -0.05) is 12.1 Å². The van der Waals surface area contributed by atoms with Crippen molar-refractivity contribution in [3.05, 3.63) is 59.1 Å². The summed E-state index contributed by atoms with van der Waals surface area (Å²) in [6, 6.07) is 5.24. The first kappa shape index (κ1) is 10.8. The lowest BCUT2D eigenvalue weighted by Crippen LogP contribution is -2.04. The Kier molecular flexibility index (Phi) is 2.75. The van der Waals surface area contributed by atoms with Crippen LogP contribution in [0.5, 0.6) is 0 Å². The van der Waals surface area contributed by atoms with Crippen molar-refractivity contribution < 1.29 is 18.3 Å². The second-order valence-corrected chi connectivity index (χ2v) is 3.48. The van der Waals surface area contributed by atoms with E-state index in [4.69, 9.17) is 4.42 Å². The lowest BCUT2D eigenvalue weighted by molar-refractivity contribution is 0.211. The summed E-state index contributed by atoms with van der Waals surface area (Å²) in [6.45, 7) is 1.65. The number of aryl methyl sites for hydroxylation is 1. The summed E-state index contributed by atoms with van der Waals surface area (Å²) in [4.78, 5) is 0. The molecule has 0 saturated carbocycles. The first-order chi connectivity index (χ1) is 7.61. The summed E-state index contributed by atoms with van der Waals surface area (Å²) in [5.41, 5.74) is 0.342. The number of hydrogen-bond donors (Lipinski definition) is 1. The van der Waals surface area contributed by atoms with E-state index in [0.29, 0.717) is 11.3 Å². The van der Waals surface area contributed by atoms with Gasteiger partial charge in [-0.2, -0.15) is 0 Å².